The van der Waals surface area contributed by atoms with Crippen molar-refractivity contribution in [1.82, 2.24) is 10.3 Å². The summed E-state index contributed by atoms with van der Waals surface area (Å²) in [6.45, 7) is 3.10. The molecular formula is C16H20N2O. The van der Waals surface area contributed by atoms with Gasteiger partial charge in [-0.1, -0.05) is 13.0 Å². The molecule has 19 heavy (non-hydrogen) atoms. The SMILES string of the molecule is CCNC(c1ccoc1)C1CCCc2cccnc21. The molecule has 1 aliphatic carbocycles. The monoisotopic (exact) mass is 256 g/mol. The lowest BCUT2D eigenvalue weighted by Gasteiger charge is -2.31. The van der Waals surface area contributed by atoms with E-state index in [1.807, 2.05) is 18.5 Å². The molecule has 2 aromatic rings. The molecule has 0 bridgehead atoms. The summed E-state index contributed by atoms with van der Waals surface area (Å²) < 4.78 is 5.26. The maximum absolute atomic E-state index is 5.26. The van der Waals surface area contributed by atoms with E-state index in [-0.39, 0.29) is 0 Å². The van der Waals surface area contributed by atoms with E-state index in [0.29, 0.717) is 12.0 Å². The summed E-state index contributed by atoms with van der Waals surface area (Å²) in [6, 6.07) is 6.62. The zero-order chi connectivity index (χ0) is 13.1. The lowest BCUT2D eigenvalue weighted by molar-refractivity contribution is 0.397. The summed E-state index contributed by atoms with van der Waals surface area (Å²) in [5.74, 6) is 0.447. The predicted octanol–water partition coefficient (Wildman–Crippen LogP) is 3.45. The number of aromatic nitrogens is 1. The van der Waals surface area contributed by atoms with Crippen LogP contribution in [0.1, 0.15) is 48.5 Å². The Morgan fingerprint density at radius 3 is 3.21 bits per heavy atom. The smallest absolute Gasteiger partial charge is 0.0950 e. The minimum absolute atomic E-state index is 0.303. The molecule has 0 amide bonds. The Labute approximate surface area is 114 Å². The molecule has 3 nitrogen and oxygen atoms in total. The molecule has 0 saturated carbocycles. The van der Waals surface area contributed by atoms with Crippen LogP contribution < -0.4 is 5.32 Å². The number of hydrogen-bond donors (Lipinski definition) is 1. The number of nitrogens with one attached hydrogen (secondary N) is 1. The Bertz CT molecular complexity index is 521. The van der Waals surface area contributed by atoms with Crippen LogP contribution in [0.25, 0.3) is 0 Å². The van der Waals surface area contributed by atoms with E-state index in [1.54, 1.807) is 6.26 Å². The van der Waals surface area contributed by atoms with Crippen LogP contribution in [0.3, 0.4) is 0 Å². The second-order valence-corrected chi connectivity index (χ2v) is 5.14. The minimum atomic E-state index is 0.303. The second kappa shape index (κ2) is 5.57. The Morgan fingerprint density at radius 1 is 1.47 bits per heavy atom. The minimum Gasteiger partial charge on any atom is -0.472 e. The summed E-state index contributed by atoms with van der Waals surface area (Å²) in [7, 11) is 0. The molecule has 2 aromatic heterocycles. The van der Waals surface area contributed by atoms with Crippen LogP contribution in [0.15, 0.2) is 41.3 Å². The molecule has 1 N–H and O–H groups in total. The number of hydrogen-bond acceptors (Lipinski definition) is 3. The fraction of sp³-hybridized carbons (Fsp3) is 0.438. The molecule has 1 aliphatic rings. The van der Waals surface area contributed by atoms with Crippen molar-refractivity contribution in [2.75, 3.05) is 6.54 Å². The highest BCUT2D eigenvalue weighted by Crippen LogP contribution is 2.39. The van der Waals surface area contributed by atoms with Crippen molar-refractivity contribution in [3.05, 3.63) is 53.7 Å². The summed E-state index contributed by atoms with van der Waals surface area (Å²) >= 11 is 0. The number of aryl methyl sites for hydroxylation is 1. The third-order valence-corrected chi connectivity index (χ3v) is 3.97. The van der Waals surface area contributed by atoms with Crippen molar-refractivity contribution in [2.45, 2.75) is 38.1 Å². The summed E-state index contributed by atoms with van der Waals surface area (Å²) in [4.78, 5) is 4.64. The third-order valence-electron chi connectivity index (χ3n) is 3.97. The van der Waals surface area contributed by atoms with Crippen molar-refractivity contribution < 1.29 is 4.42 Å². The van der Waals surface area contributed by atoms with Crippen LogP contribution in [0, 0.1) is 0 Å². The number of likely N-dealkylation sites (N-methyl/N-ethyl adjacent to an activating group) is 1. The van der Waals surface area contributed by atoms with Gasteiger partial charge in [-0.25, -0.2) is 0 Å². The standard InChI is InChI=1S/C16H20N2O/c1-2-17-16(13-8-10-19-11-13)14-7-3-5-12-6-4-9-18-15(12)14/h4,6,8-11,14,16-17H,2-3,5,7H2,1H3. The van der Waals surface area contributed by atoms with Crippen LogP contribution in [0.4, 0.5) is 0 Å². The van der Waals surface area contributed by atoms with Crippen LogP contribution in [-0.2, 0) is 6.42 Å². The Kier molecular flexibility index (Phi) is 3.65. The predicted molar refractivity (Wildman–Crippen MR) is 75.0 cm³/mol. The van der Waals surface area contributed by atoms with Gasteiger partial charge in [-0.2, -0.15) is 0 Å². The van der Waals surface area contributed by atoms with Crippen molar-refractivity contribution in [3.63, 3.8) is 0 Å². The number of nitrogens with zero attached hydrogens (tertiary/aromatic N) is 1. The van der Waals surface area contributed by atoms with Gasteiger partial charge in [0.15, 0.2) is 0 Å². The van der Waals surface area contributed by atoms with E-state index >= 15 is 0 Å². The maximum atomic E-state index is 5.26. The third kappa shape index (κ3) is 2.43. The molecule has 0 saturated heterocycles. The quantitative estimate of drug-likeness (QED) is 0.910. The molecule has 100 valence electrons. The van der Waals surface area contributed by atoms with Gasteiger partial charge in [-0.3, -0.25) is 4.98 Å². The molecule has 0 spiro atoms. The maximum Gasteiger partial charge on any atom is 0.0950 e. The largest absolute Gasteiger partial charge is 0.472 e. The Balaban J connectivity index is 1.96. The highest BCUT2D eigenvalue weighted by molar-refractivity contribution is 5.30. The van der Waals surface area contributed by atoms with Gasteiger partial charge in [0.1, 0.15) is 0 Å². The van der Waals surface area contributed by atoms with Crippen LogP contribution in [-0.4, -0.2) is 11.5 Å². The van der Waals surface area contributed by atoms with Gasteiger partial charge in [0.05, 0.1) is 12.5 Å². The summed E-state index contributed by atoms with van der Waals surface area (Å²) in [6.07, 6.45) is 9.10. The summed E-state index contributed by atoms with van der Waals surface area (Å²) in [5, 5.41) is 3.60. The molecule has 0 radical (unpaired) electrons. The molecule has 0 fully saturated rings. The van der Waals surface area contributed by atoms with Gasteiger partial charge < -0.3 is 9.73 Å². The van der Waals surface area contributed by atoms with E-state index in [9.17, 15) is 0 Å². The fourth-order valence-electron chi connectivity index (χ4n) is 3.13. The summed E-state index contributed by atoms with van der Waals surface area (Å²) in [5.41, 5.74) is 3.90. The average molecular weight is 256 g/mol. The van der Waals surface area contributed by atoms with Crippen molar-refractivity contribution in [1.29, 1.82) is 0 Å². The highest BCUT2D eigenvalue weighted by Gasteiger charge is 2.30. The highest BCUT2D eigenvalue weighted by atomic mass is 16.3. The first-order valence-electron chi connectivity index (χ1n) is 7.09. The van der Waals surface area contributed by atoms with Crippen LogP contribution >= 0.6 is 0 Å². The molecule has 0 aromatic carbocycles. The molecule has 2 unspecified atom stereocenters. The zero-order valence-corrected chi connectivity index (χ0v) is 11.3. The van der Waals surface area contributed by atoms with Gasteiger partial charge in [0, 0.05) is 29.4 Å². The number of fused-ring (bicyclic) bond motifs is 1. The van der Waals surface area contributed by atoms with Crippen LogP contribution in [0.2, 0.25) is 0 Å². The van der Waals surface area contributed by atoms with Gasteiger partial charge >= 0.3 is 0 Å². The van der Waals surface area contributed by atoms with E-state index in [1.165, 1.54) is 29.7 Å². The first-order valence-corrected chi connectivity index (χ1v) is 7.09. The fourth-order valence-corrected chi connectivity index (χ4v) is 3.13. The Hall–Kier alpha value is -1.61. The van der Waals surface area contributed by atoms with Gasteiger partial charge in [0.25, 0.3) is 0 Å². The van der Waals surface area contributed by atoms with E-state index in [0.717, 1.165) is 13.0 Å². The van der Waals surface area contributed by atoms with E-state index in [2.05, 4.69) is 29.4 Å². The molecule has 0 aliphatic heterocycles. The number of pyridine rings is 1. The second-order valence-electron chi connectivity index (χ2n) is 5.14. The Morgan fingerprint density at radius 2 is 2.42 bits per heavy atom. The molecule has 2 heterocycles. The number of furan rings is 1. The van der Waals surface area contributed by atoms with Crippen molar-refractivity contribution in [2.24, 2.45) is 0 Å². The zero-order valence-electron chi connectivity index (χ0n) is 11.3. The topological polar surface area (TPSA) is 38.1 Å². The molecule has 2 atom stereocenters. The molecular weight excluding hydrogens is 236 g/mol. The van der Waals surface area contributed by atoms with E-state index < -0.39 is 0 Å². The van der Waals surface area contributed by atoms with Gasteiger partial charge in [0.2, 0.25) is 0 Å². The first-order chi connectivity index (χ1) is 9.40. The number of rotatable bonds is 4. The first kappa shape index (κ1) is 12.4. The lowest BCUT2D eigenvalue weighted by Crippen LogP contribution is -2.29. The van der Waals surface area contributed by atoms with Crippen molar-refractivity contribution >= 4 is 0 Å². The molecule has 3 heteroatoms. The normalized spacial score (nSPS) is 19.9. The van der Waals surface area contributed by atoms with E-state index in [4.69, 9.17) is 4.42 Å². The molecule has 3 rings (SSSR count). The lowest BCUT2D eigenvalue weighted by atomic mass is 9.80. The van der Waals surface area contributed by atoms with Gasteiger partial charge in [-0.05, 0) is 43.5 Å². The average Bonchev–Trinajstić information content (AvgIpc) is 2.98. The van der Waals surface area contributed by atoms with Crippen molar-refractivity contribution in [3.8, 4) is 0 Å². The van der Waals surface area contributed by atoms with Crippen LogP contribution in [0.5, 0.6) is 0 Å². The van der Waals surface area contributed by atoms with Gasteiger partial charge in [-0.15, -0.1) is 0 Å².